The highest BCUT2D eigenvalue weighted by Crippen LogP contribution is 2.14. The summed E-state index contributed by atoms with van der Waals surface area (Å²) in [6.07, 6.45) is 3.48. The SMILES string of the molecule is CCC(COC(=O)C(CC)CC)Nc1ccc([N+](=O)[O-])cn1. The number of aromatic nitrogens is 1. The molecule has 0 saturated heterocycles. The van der Waals surface area contributed by atoms with Gasteiger partial charge in [0.05, 0.1) is 16.9 Å². The summed E-state index contributed by atoms with van der Waals surface area (Å²) in [6.45, 7) is 6.15. The van der Waals surface area contributed by atoms with Crippen LogP contribution in [0, 0.1) is 16.0 Å². The average molecular weight is 309 g/mol. The second-order valence-electron chi connectivity index (χ2n) is 5.05. The first-order valence-corrected chi connectivity index (χ1v) is 7.55. The number of carbonyl (C=O) groups is 1. The Morgan fingerprint density at radius 1 is 1.32 bits per heavy atom. The van der Waals surface area contributed by atoms with Crippen molar-refractivity contribution in [3.8, 4) is 0 Å². The molecule has 0 saturated carbocycles. The molecule has 0 aromatic carbocycles. The summed E-state index contributed by atoms with van der Waals surface area (Å²) in [5.74, 6) is 0.285. The number of anilines is 1. The van der Waals surface area contributed by atoms with Crippen LogP contribution in [0.3, 0.4) is 0 Å². The quantitative estimate of drug-likeness (QED) is 0.428. The summed E-state index contributed by atoms with van der Waals surface area (Å²) < 4.78 is 5.34. The van der Waals surface area contributed by atoms with E-state index in [9.17, 15) is 14.9 Å². The fourth-order valence-corrected chi connectivity index (χ4v) is 1.97. The van der Waals surface area contributed by atoms with Crippen LogP contribution in [0.25, 0.3) is 0 Å². The van der Waals surface area contributed by atoms with Gasteiger partial charge < -0.3 is 10.1 Å². The van der Waals surface area contributed by atoms with Gasteiger partial charge in [-0.2, -0.15) is 0 Å². The van der Waals surface area contributed by atoms with Gasteiger partial charge in [0.2, 0.25) is 0 Å². The fraction of sp³-hybridized carbons (Fsp3) is 0.600. The molecular weight excluding hydrogens is 286 g/mol. The molecule has 1 heterocycles. The third-order valence-electron chi connectivity index (χ3n) is 3.55. The van der Waals surface area contributed by atoms with Gasteiger partial charge in [0, 0.05) is 6.07 Å². The Bertz CT molecular complexity index is 486. The lowest BCUT2D eigenvalue weighted by Gasteiger charge is -2.19. The number of ether oxygens (including phenoxy) is 1. The van der Waals surface area contributed by atoms with E-state index in [2.05, 4.69) is 10.3 Å². The van der Waals surface area contributed by atoms with Crippen molar-refractivity contribution in [2.24, 2.45) is 5.92 Å². The Labute approximate surface area is 130 Å². The fourth-order valence-electron chi connectivity index (χ4n) is 1.97. The highest BCUT2D eigenvalue weighted by atomic mass is 16.6. The molecule has 1 atom stereocenters. The minimum absolute atomic E-state index is 0.0567. The first-order chi connectivity index (χ1) is 10.5. The maximum Gasteiger partial charge on any atom is 0.308 e. The van der Waals surface area contributed by atoms with Crippen LogP contribution in [-0.4, -0.2) is 28.5 Å². The predicted molar refractivity (Wildman–Crippen MR) is 83.6 cm³/mol. The molecule has 0 aliphatic rings. The van der Waals surface area contributed by atoms with E-state index in [4.69, 9.17) is 4.74 Å². The third kappa shape index (κ3) is 5.31. The highest BCUT2D eigenvalue weighted by Gasteiger charge is 2.18. The number of pyridine rings is 1. The molecule has 1 rings (SSSR count). The van der Waals surface area contributed by atoms with Crippen LogP contribution in [0.2, 0.25) is 0 Å². The molecule has 0 radical (unpaired) electrons. The average Bonchev–Trinajstić information content (AvgIpc) is 2.53. The van der Waals surface area contributed by atoms with Gasteiger partial charge in [-0.1, -0.05) is 20.8 Å². The molecule has 7 heteroatoms. The van der Waals surface area contributed by atoms with Crippen molar-refractivity contribution in [1.82, 2.24) is 4.98 Å². The third-order valence-corrected chi connectivity index (χ3v) is 3.55. The summed E-state index contributed by atoms with van der Waals surface area (Å²) in [7, 11) is 0. The first-order valence-electron chi connectivity index (χ1n) is 7.55. The molecule has 1 aromatic rings. The van der Waals surface area contributed by atoms with Crippen molar-refractivity contribution >= 4 is 17.5 Å². The lowest BCUT2D eigenvalue weighted by molar-refractivity contribution is -0.385. The smallest absolute Gasteiger partial charge is 0.308 e. The van der Waals surface area contributed by atoms with E-state index in [1.165, 1.54) is 12.3 Å². The van der Waals surface area contributed by atoms with Crippen LogP contribution in [0.15, 0.2) is 18.3 Å². The summed E-state index contributed by atoms with van der Waals surface area (Å²) in [5.41, 5.74) is -0.0567. The van der Waals surface area contributed by atoms with Gasteiger partial charge in [-0.25, -0.2) is 4.98 Å². The number of carbonyl (C=O) groups excluding carboxylic acids is 1. The van der Waals surface area contributed by atoms with Gasteiger partial charge >= 0.3 is 5.97 Å². The largest absolute Gasteiger partial charge is 0.463 e. The number of esters is 1. The van der Waals surface area contributed by atoms with Gasteiger partial charge in [-0.05, 0) is 25.3 Å². The topological polar surface area (TPSA) is 94.4 Å². The zero-order chi connectivity index (χ0) is 16.5. The second-order valence-corrected chi connectivity index (χ2v) is 5.05. The van der Waals surface area contributed by atoms with Crippen molar-refractivity contribution in [1.29, 1.82) is 0 Å². The van der Waals surface area contributed by atoms with Crippen LogP contribution in [0.4, 0.5) is 11.5 Å². The molecule has 1 N–H and O–H groups in total. The molecular formula is C15H23N3O4. The standard InChI is InChI=1S/C15H23N3O4/c1-4-11(5-2)15(19)22-10-12(6-3)17-14-8-7-13(9-16-14)18(20)21/h7-9,11-12H,4-6,10H2,1-3H3,(H,16,17). The van der Waals surface area contributed by atoms with E-state index in [-0.39, 0.29) is 30.2 Å². The molecule has 0 amide bonds. The summed E-state index contributed by atoms with van der Waals surface area (Å²) in [6, 6.07) is 2.86. The molecule has 122 valence electrons. The Morgan fingerprint density at radius 3 is 2.45 bits per heavy atom. The van der Waals surface area contributed by atoms with Crippen molar-refractivity contribution in [3.63, 3.8) is 0 Å². The van der Waals surface area contributed by atoms with E-state index in [1.807, 2.05) is 20.8 Å². The Kier molecular flexibility index (Phi) is 7.28. The monoisotopic (exact) mass is 309 g/mol. The zero-order valence-electron chi connectivity index (χ0n) is 13.2. The Balaban J connectivity index is 2.54. The lowest BCUT2D eigenvalue weighted by atomic mass is 10.0. The number of nitrogens with one attached hydrogen (secondary N) is 1. The van der Waals surface area contributed by atoms with Crippen molar-refractivity contribution in [3.05, 3.63) is 28.4 Å². The Morgan fingerprint density at radius 2 is 2.00 bits per heavy atom. The molecule has 0 spiro atoms. The Hall–Kier alpha value is -2.18. The molecule has 1 unspecified atom stereocenters. The normalized spacial score (nSPS) is 12.0. The summed E-state index contributed by atoms with van der Waals surface area (Å²) in [4.78, 5) is 25.9. The molecule has 0 bridgehead atoms. The highest BCUT2D eigenvalue weighted by molar-refractivity contribution is 5.72. The van der Waals surface area contributed by atoms with Gasteiger partial charge in [0.15, 0.2) is 0 Å². The van der Waals surface area contributed by atoms with E-state index in [0.717, 1.165) is 19.3 Å². The molecule has 0 aliphatic carbocycles. The summed E-state index contributed by atoms with van der Waals surface area (Å²) in [5, 5.41) is 13.7. The number of rotatable bonds is 9. The van der Waals surface area contributed by atoms with Crippen LogP contribution >= 0.6 is 0 Å². The van der Waals surface area contributed by atoms with Gasteiger partial charge in [0.1, 0.15) is 18.6 Å². The van der Waals surface area contributed by atoms with Gasteiger partial charge in [-0.15, -0.1) is 0 Å². The predicted octanol–water partition coefficient (Wildman–Crippen LogP) is 3.16. The molecule has 1 aromatic heterocycles. The van der Waals surface area contributed by atoms with Crippen molar-refractivity contribution in [2.75, 3.05) is 11.9 Å². The lowest BCUT2D eigenvalue weighted by Crippen LogP contribution is -2.28. The molecule has 0 aliphatic heterocycles. The number of nitro groups is 1. The molecule has 22 heavy (non-hydrogen) atoms. The van der Waals surface area contributed by atoms with Crippen molar-refractivity contribution in [2.45, 2.75) is 46.1 Å². The number of hydrogen-bond donors (Lipinski definition) is 1. The number of hydrogen-bond acceptors (Lipinski definition) is 6. The minimum atomic E-state index is -0.495. The van der Waals surface area contributed by atoms with Crippen molar-refractivity contribution < 1.29 is 14.5 Å². The van der Waals surface area contributed by atoms with Crippen LogP contribution in [0.1, 0.15) is 40.0 Å². The van der Waals surface area contributed by atoms with Crippen LogP contribution in [0.5, 0.6) is 0 Å². The number of nitrogens with zero attached hydrogens (tertiary/aromatic N) is 2. The first kappa shape index (κ1) is 17.9. The van der Waals surface area contributed by atoms with Crippen LogP contribution in [-0.2, 0) is 9.53 Å². The summed E-state index contributed by atoms with van der Waals surface area (Å²) >= 11 is 0. The molecule has 7 nitrogen and oxygen atoms in total. The molecule has 0 fully saturated rings. The van der Waals surface area contributed by atoms with E-state index < -0.39 is 4.92 Å². The second kappa shape index (κ2) is 8.96. The maximum atomic E-state index is 11.9. The minimum Gasteiger partial charge on any atom is -0.463 e. The van der Waals surface area contributed by atoms with Gasteiger partial charge in [0.25, 0.3) is 5.69 Å². The van der Waals surface area contributed by atoms with E-state index in [1.54, 1.807) is 6.07 Å². The zero-order valence-corrected chi connectivity index (χ0v) is 13.2. The van der Waals surface area contributed by atoms with Crippen LogP contribution < -0.4 is 5.32 Å². The maximum absolute atomic E-state index is 11.9. The van der Waals surface area contributed by atoms with E-state index in [0.29, 0.717) is 5.82 Å². The van der Waals surface area contributed by atoms with Gasteiger partial charge in [-0.3, -0.25) is 14.9 Å². The van der Waals surface area contributed by atoms with E-state index >= 15 is 0 Å².